The van der Waals surface area contributed by atoms with Crippen LogP contribution in [0.2, 0.25) is 0 Å². The first kappa shape index (κ1) is 42.5. The van der Waals surface area contributed by atoms with Crippen molar-refractivity contribution < 1.29 is 70.9 Å². The van der Waals surface area contributed by atoms with E-state index in [1.165, 1.54) is 0 Å². The molecular formula is C22H30Cl2Co2N4O8. The normalized spacial score (nSPS) is 9.74. The summed E-state index contributed by atoms with van der Waals surface area (Å²) < 4.78 is 0. The van der Waals surface area contributed by atoms with E-state index in [4.69, 9.17) is 31.0 Å². The van der Waals surface area contributed by atoms with Crippen molar-refractivity contribution in [2.24, 2.45) is 20.6 Å². The quantitative estimate of drug-likeness (QED) is 0.162. The zero-order chi connectivity index (χ0) is 30.5. The van der Waals surface area contributed by atoms with Crippen LogP contribution in [0.25, 0.3) is 0 Å². The van der Waals surface area contributed by atoms with Crippen LogP contribution in [-0.4, -0.2) is 69.1 Å². The van der Waals surface area contributed by atoms with Crippen LogP contribution in [0.3, 0.4) is 0 Å². The Morgan fingerprint density at radius 1 is 0.605 bits per heavy atom. The average molecular weight is 667 g/mol. The summed E-state index contributed by atoms with van der Waals surface area (Å²) in [5, 5.41) is 82.5. The summed E-state index contributed by atoms with van der Waals surface area (Å²) in [6.45, 7) is 7.42. The van der Waals surface area contributed by atoms with Gasteiger partial charge < -0.3 is 41.3 Å². The summed E-state index contributed by atoms with van der Waals surface area (Å²) in [6.07, 6.45) is 4.18. The minimum atomic E-state index is -0.341. The SMILES string of the molecule is CCO.CCO.Cc1cc(/C=N/O)c([O-])c(/C=N/O)c1.Cc1cc(/C=N/O)c([O-])c(/C=N/O)c1.[Cl][Co+].[Cl][Co+]. The number of halogens is 2. The van der Waals surface area contributed by atoms with E-state index in [1.807, 2.05) is 0 Å². The fourth-order valence-electron chi connectivity index (χ4n) is 2.29. The molecule has 0 unspecified atom stereocenters. The third kappa shape index (κ3) is 20.5. The Morgan fingerprint density at radius 2 is 0.763 bits per heavy atom. The molecule has 0 saturated carbocycles. The molecule has 12 nitrogen and oxygen atoms in total. The van der Waals surface area contributed by atoms with Gasteiger partial charge in [-0.2, -0.15) is 0 Å². The van der Waals surface area contributed by atoms with Crippen LogP contribution in [-0.2, 0) is 29.7 Å². The van der Waals surface area contributed by atoms with Gasteiger partial charge in [-0.3, -0.25) is 0 Å². The van der Waals surface area contributed by atoms with Crippen molar-refractivity contribution in [3.8, 4) is 11.5 Å². The fourth-order valence-corrected chi connectivity index (χ4v) is 2.29. The van der Waals surface area contributed by atoms with Gasteiger partial charge in [0.2, 0.25) is 0 Å². The van der Waals surface area contributed by atoms with Gasteiger partial charge in [0, 0.05) is 13.2 Å². The predicted octanol–water partition coefficient (Wildman–Crippen LogP) is 2.74. The standard InChI is InChI=1S/2C9H10N2O3.2C2H6O.2ClH.2Co/c2*1-6-2-7(4-10-13)9(12)8(3-6)5-11-14;2*1-2-3;;;;/h2*2-5,12-14H,1H3;2*3H,2H2,1H3;2*1H;;/q;;;;;;2*+2/p-4/b2*10-4+,11-5+;;;;;;. The van der Waals surface area contributed by atoms with E-state index in [0.29, 0.717) is 0 Å². The second-order valence-electron chi connectivity index (χ2n) is 6.16. The maximum atomic E-state index is 11.5. The molecule has 0 saturated heterocycles. The first-order valence-electron chi connectivity index (χ1n) is 10.0. The summed E-state index contributed by atoms with van der Waals surface area (Å²) in [4.78, 5) is 0. The zero-order valence-electron chi connectivity index (χ0n) is 20.7. The second-order valence-corrected chi connectivity index (χ2v) is 6.16. The van der Waals surface area contributed by atoms with Gasteiger partial charge in [0.05, 0.1) is 24.9 Å². The van der Waals surface area contributed by atoms with Crippen molar-refractivity contribution in [3.05, 3.63) is 57.6 Å². The molecule has 16 heteroatoms. The Balaban J connectivity index is -0.000000227. The van der Waals surface area contributed by atoms with Crippen LogP contribution in [0.5, 0.6) is 11.5 Å². The Labute approximate surface area is 245 Å². The molecule has 2 aromatic rings. The van der Waals surface area contributed by atoms with Crippen LogP contribution in [0, 0.1) is 13.8 Å². The number of aliphatic hydroxyl groups excluding tert-OH is 2. The molecule has 2 aromatic carbocycles. The third-order valence-electron chi connectivity index (χ3n) is 3.37. The number of oxime groups is 4. The number of hydrogen-bond donors (Lipinski definition) is 6. The molecule has 0 aromatic heterocycles. The minimum absolute atomic E-state index is 0.250. The van der Waals surface area contributed by atoms with Crippen molar-refractivity contribution in [3.63, 3.8) is 0 Å². The zero-order valence-corrected chi connectivity index (χ0v) is 24.3. The van der Waals surface area contributed by atoms with Crippen LogP contribution in [0.4, 0.5) is 0 Å². The molecule has 6 N–H and O–H groups in total. The topological polar surface area (TPSA) is 217 Å². The fraction of sp³-hybridized carbons (Fsp3) is 0.273. The van der Waals surface area contributed by atoms with Crippen molar-refractivity contribution >= 4 is 45.2 Å². The molecule has 0 aliphatic heterocycles. The molecule has 0 amide bonds. The first-order chi connectivity index (χ1) is 18.2. The Bertz CT molecular complexity index is 839. The summed E-state index contributed by atoms with van der Waals surface area (Å²) in [7, 11) is 8.65. The monoisotopic (exact) mass is 666 g/mol. The Morgan fingerprint density at radius 3 is 0.895 bits per heavy atom. The molecule has 2 rings (SSSR count). The van der Waals surface area contributed by atoms with Gasteiger partial charge in [0.15, 0.2) is 0 Å². The van der Waals surface area contributed by atoms with Gasteiger partial charge in [-0.25, -0.2) is 0 Å². The molecule has 38 heavy (non-hydrogen) atoms. The Hall–Kier alpha value is -2.57. The van der Waals surface area contributed by atoms with E-state index in [2.05, 4.69) is 70.6 Å². The van der Waals surface area contributed by atoms with Crippen LogP contribution in [0.1, 0.15) is 47.2 Å². The van der Waals surface area contributed by atoms with Crippen LogP contribution in [0.15, 0.2) is 44.9 Å². The van der Waals surface area contributed by atoms with Gasteiger partial charge in [0.25, 0.3) is 0 Å². The van der Waals surface area contributed by atoms with E-state index >= 15 is 0 Å². The van der Waals surface area contributed by atoms with E-state index < -0.39 is 0 Å². The van der Waals surface area contributed by atoms with Crippen molar-refractivity contribution in [1.82, 2.24) is 0 Å². The number of benzene rings is 2. The molecule has 0 heterocycles. The van der Waals surface area contributed by atoms with E-state index in [-0.39, 0.29) is 47.0 Å². The molecule has 218 valence electrons. The molecule has 0 spiro atoms. The van der Waals surface area contributed by atoms with Crippen molar-refractivity contribution in [1.29, 1.82) is 0 Å². The van der Waals surface area contributed by atoms with Gasteiger partial charge in [-0.1, -0.05) is 56.4 Å². The predicted molar refractivity (Wildman–Crippen MR) is 136 cm³/mol. The van der Waals surface area contributed by atoms with Gasteiger partial charge >= 0.3 is 50.0 Å². The van der Waals surface area contributed by atoms with Gasteiger partial charge in [-0.15, -0.1) is 0 Å². The average Bonchev–Trinajstić information content (AvgIpc) is 2.89. The number of aliphatic hydroxyl groups is 2. The summed E-state index contributed by atoms with van der Waals surface area (Å²) in [6, 6.07) is 6.32. The number of hydrogen-bond acceptors (Lipinski definition) is 12. The van der Waals surface area contributed by atoms with Crippen molar-refractivity contribution in [2.75, 3.05) is 13.2 Å². The summed E-state index contributed by atoms with van der Waals surface area (Å²) in [5.41, 5.74) is 2.64. The molecule has 0 bridgehead atoms. The molecule has 0 aliphatic carbocycles. The Kier molecular flexibility index (Phi) is 34.3. The molecular weight excluding hydrogens is 637 g/mol. The van der Waals surface area contributed by atoms with Crippen molar-refractivity contribution in [2.45, 2.75) is 27.7 Å². The third-order valence-corrected chi connectivity index (χ3v) is 3.37. The van der Waals surface area contributed by atoms with Gasteiger partial charge in [-0.05, 0) is 61.1 Å². The van der Waals surface area contributed by atoms with E-state index in [1.54, 1.807) is 52.0 Å². The van der Waals surface area contributed by atoms with Gasteiger partial charge in [0.1, 0.15) is 0 Å². The second kappa shape index (κ2) is 30.7. The van der Waals surface area contributed by atoms with E-state index in [0.717, 1.165) is 36.0 Å². The molecule has 0 aliphatic rings. The van der Waals surface area contributed by atoms with Crippen LogP contribution >= 0.6 is 20.3 Å². The summed E-state index contributed by atoms with van der Waals surface area (Å²) in [5.74, 6) is -0.683. The van der Waals surface area contributed by atoms with Crippen LogP contribution < -0.4 is 10.2 Å². The number of aryl methyl sites for hydroxylation is 2. The number of nitrogens with zero attached hydrogens (tertiary/aromatic N) is 4. The van der Waals surface area contributed by atoms with E-state index in [9.17, 15) is 10.2 Å². The summed E-state index contributed by atoms with van der Waals surface area (Å²) >= 11 is 6.07. The molecule has 0 fully saturated rings. The first-order valence-corrected chi connectivity index (χ1v) is 12.9. The maximum absolute atomic E-state index is 11.5. The molecule has 0 radical (unpaired) electrons. The molecule has 0 atom stereocenters. The number of rotatable bonds is 4.